The summed E-state index contributed by atoms with van der Waals surface area (Å²) >= 11 is 9.39. The van der Waals surface area contributed by atoms with Gasteiger partial charge in [-0.1, -0.05) is 58.0 Å². The first-order chi connectivity index (χ1) is 6.29. The number of thioether (sulfide) groups is 2. The van der Waals surface area contributed by atoms with Gasteiger partial charge in [-0.25, -0.2) is 0 Å². The number of alkyl halides is 2. The quantitative estimate of drug-likeness (QED) is 0.336. The molecular formula is C9H16I2S2. The molecule has 0 amide bonds. The van der Waals surface area contributed by atoms with E-state index >= 15 is 0 Å². The monoisotopic (exact) mass is 442 g/mol. The maximum Gasteiger partial charge on any atom is 0.0626 e. The Balaban J connectivity index is 1.92. The lowest BCUT2D eigenvalue weighted by Gasteiger charge is -2.20. The van der Waals surface area contributed by atoms with Crippen LogP contribution in [0.25, 0.3) is 0 Å². The van der Waals surface area contributed by atoms with Crippen molar-refractivity contribution in [3.63, 3.8) is 0 Å². The average Bonchev–Trinajstić information content (AvgIpc) is 2.14. The van der Waals surface area contributed by atoms with Gasteiger partial charge in [0.15, 0.2) is 0 Å². The van der Waals surface area contributed by atoms with Gasteiger partial charge in [-0.15, -0.1) is 23.5 Å². The summed E-state index contributed by atoms with van der Waals surface area (Å²) in [7, 11) is 0. The van der Waals surface area contributed by atoms with Crippen LogP contribution < -0.4 is 0 Å². The second-order valence-electron chi connectivity index (χ2n) is 3.20. The highest BCUT2D eigenvalue weighted by Gasteiger charge is 2.13. The van der Waals surface area contributed by atoms with Crippen LogP contribution in [0.2, 0.25) is 0 Å². The van der Waals surface area contributed by atoms with Gasteiger partial charge in [-0.05, 0) is 30.8 Å². The predicted octanol–water partition coefficient (Wildman–Crippen LogP) is 4.94. The maximum absolute atomic E-state index is 2.51. The average molecular weight is 442 g/mol. The lowest BCUT2D eigenvalue weighted by atomic mass is 10.2. The number of rotatable bonds is 5. The fourth-order valence-electron chi connectivity index (χ4n) is 1.31. The lowest BCUT2D eigenvalue weighted by molar-refractivity contribution is 0.699. The minimum atomic E-state index is 0.835. The number of unbranched alkanes of at least 4 members (excludes halogenated alkanes) is 1. The minimum Gasteiger partial charge on any atom is -0.148 e. The fraction of sp³-hybridized carbons (Fsp3) is 1.00. The van der Waals surface area contributed by atoms with Gasteiger partial charge in [-0.2, -0.15) is 0 Å². The Morgan fingerprint density at radius 1 is 1.15 bits per heavy atom. The van der Waals surface area contributed by atoms with Crippen LogP contribution in [-0.4, -0.2) is 18.0 Å². The van der Waals surface area contributed by atoms with Crippen LogP contribution in [0.4, 0.5) is 0 Å². The molecule has 0 N–H and O–H groups in total. The van der Waals surface area contributed by atoms with Gasteiger partial charge in [-0.3, -0.25) is 0 Å². The molecule has 4 heteroatoms. The highest BCUT2D eigenvalue weighted by Crippen LogP contribution is 2.34. The standard InChI is InChI=1S/C9H16I2S2/c10-8(11)4-1-2-5-9-12-6-3-7-13-9/h8-9H,1-7H2. The zero-order valence-electron chi connectivity index (χ0n) is 7.68. The third-order valence-corrected chi connectivity index (χ3v) is 6.33. The van der Waals surface area contributed by atoms with E-state index in [4.69, 9.17) is 0 Å². The molecule has 1 saturated heterocycles. The Bertz CT molecular complexity index is 125. The van der Waals surface area contributed by atoms with E-state index in [1.165, 1.54) is 43.6 Å². The molecular weight excluding hydrogens is 426 g/mol. The summed E-state index contributed by atoms with van der Waals surface area (Å²) in [6.45, 7) is 0. The Labute approximate surface area is 117 Å². The van der Waals surface area contributed by atoms with Crippen molar-refractivity contribution in [1.82, 2.24) is 0 Å². The molecule has 13 heavy (non-hydrogen) atoms. The van der Waals surface area contributed by atoms with Crippen LogP contribution in [-0.2, 0) is 0 Å². The summed E-state index contributed by atoms with van der Waals surface area (Å²) in [5, 5.41) is 0. The lowest BCUT2D eigenvalue weighted by Crippen LogP contribution is -2.06. The molecule has 0 aromatic carbocycles. The van der Waals surface area contributed by atoms with E-state index in [2.05, 4.69) is 68.7 Å². The third kappa shape index (κ3) is 7.11. The molecule has 0 nitrogen and oxygen atoms in total. The van der Waals surface area contributed by atoms with Gasteiger partial charge in [0.2, 0.25) is 0 Å². The second-order valence-corrected chi connectivity index (χ2v) is 11.5. The molecule has 0 aliphatic carbocycles. The van der Waals surface area contributed by atoms with E-state index in [1.54, 1.807) is 0 Å². The highest BCUT2D eigenvalue weighted by atomic mass is 127. The molecule has 0 bridgehead atoms. The van der Waals surface area contributed by atoms with Gasteiger partial charge in [0, 0.05) is 0 Å². The summed E-state index contributed by atoms with van der Waals surface area (Å²) < 4.78 is 1.76. The first-order valence-electron chi connectivity index (χ1n) is 4.80. The molecule has 0 aromatic rings. The normalized spacial score (nSPS) is 19.6. The minimum absolute atomic E-state index is 0.835. The Kier molecular flexibility index (Phi) is 8.47. The molecule has 0 radical (unpaired) electrons. The van der Waals surface area contributed by atoms with Crippen molar-refractivity contribution in [1.29, 1.82) is 0 Å². The van der Waals surface area contributed by atoms with Crippen molar-refractivity contribution in [2.45, 2.75) is 38.6 Å². The van der Waals surface area contributed by atoms with E-state index in [9.17, 15) is 0 Å². The van der Waals surface area contributed by atoms with E-state index < -0.39 is 0 Å². The van der Waals surface area contributed by atoms with Gasteiger partial charge in [0.25, 0.3) is 0 Å². The van der Waals surface area contributed by atoms with Crippen LogP contribution in [0.15, 0.2) is 0 Å². The molecule has 0 atom stereocenters. The van der Waals surface area contributed by atoms with Crippen LogP contribution in [0.1, 0.15) is 32.1 Å². The number of halogens is 2. The van der Waals surface area contributed by atoms with E-state index in [0.29, 0.717) is 0 Å². The van der Waals surface area contributed by atoms with Crippen LogP contribution in [0, 0.1) is 0 Å². The van der Waals surface area contributed by atoms with Crippen molar-refractivity contribution in [3.8, 4) is 0 Å². The molecule has 0 unspecified atom stereocenters. The van der Waals surface area contributed by atoms with Crippen molar-refractivity contribution < 1.29 is 0 Å². The molecule has 1 fully saturated rings. The maximum atomic E-state index is 2.51. The molecule has 1 aliphatic heterocycles. The first-order valence-corrected chi connectivity index (χ1v) is 9.39. The number of hydrogen-bond donors (Lipinski definition) is 0. The SMILES string of the molecule is IC(I)CCCCC1SCCCS1. The summed E-state index contributed by atoms with van der Waals surface area (Å²) in [5.74, 6) is 2.80. The molecule has 1 aliphatic rings. The van der Waals surface area contributed by atoms with Gasteiger partial charge >= 0.3 is 0 Å². The molecule has 78 valence electrons. The Morgan fingerprint density at radius 3 is 2.46 bits per heavy atom. The number of hydrogen-bond acceptors (Lipinski definition) is 2. The second kappa shape index (κ2) is 8.33. The van der Waals surface area contributed by atoms with Crippen LogP contribution >= 0.6 is 68.7 Å². The fourth-order valence-corrected chi connectivity index (χ4v) is 5.15. The largest absolute Gasteiger partial charge is 0.148 e. The summed E-state index contributed by atoms with van der Waals surface area (Å²) in [4.78, 5) is 0. The predicted molar refractivity (Wildman–Crippen MR) is 83.6 cm³/mol. The first kappa shape index (κ1) is 13.2. The van der Waals surface area contributed by atoms with E-state index in [1.807, 2.05) is 0 Å². The van der Waals surface area contributed by atoms with Crippen molar-refractivity contribution in [2.75, 3.05) is 11.5 Å². The van der Waals surface area contributed by atoms with E-state index in [0.717, 1.165) is 6.51 Å². The molecule has 0 spiro atoms. The Hall–Kier alpha value is 2.16. The zero-order chi connectivity index (χ0) is 9.52. The Morgan fingerprint density at radius 2 is 1.85 bits per heavy atom. The van der Waals surface area contributed by atoms with E-state index in [-0.39, 0.29) is 0 Å². The van der Waals surface area contributed by atoms with Crippen molar-refractivity contribution >= 4 is 68.7 Å². The van der Waals surface area contributed by atoms with Crippen LogP contribution in [0.5, 0.6) is 0 Å². The van der Waals surface area contributed by atoms with Gasteiger partial charge < -0.3 is 0 Å². The summed E-state index contributed by atoms with van der Waals surface area (Å²) in [6.07, 6.45) is 7.12. The zero-order valence-corrected chi connectivity index (χ0v) is 13.6. The van der Waals surface area contributed by atoms with Crippen molar-refractivity contribution in [3.05, 3.63) is 0 Å². The third-order valence-electron chi connectivity index (χ3n) is 2.01. The summed E-state index contributed by atoms with van der Waals surface area (Å²) in [6, 6.07) is 0. The molecule has 0 saturated carbocycles. The molecule has 0 aromatic heterocycles. The van der Waals surface area contributed by atoms with Crippen molar-refractivity contribution in [2.24, 2.45) is 0 Å². The topological polar surface area (TPSA) is 0 Å². The smallest absolute Gasteiger partial charge is 0.0626 e. The van der Waals surface area contributed by atoms with Gasteiger partial charge in [0.05, 0.1) is 6.51 Å². The molecule has 1 rings (SSSR count). The van der Waals surface area contributed by atoms with Crippen LogP contribution in [0.3, 0.4) is 0 Å². The highest BCUT2D eigenvalue weighted by molar-refractivity contribution is 14.2. The summed E-state index contributed by atoms with van der Waals surface area (Å²) in [5.41, 5.74) is 0. The van der Waals surface area contributed by atoms with Gasteiger partial charge in [0.1, 0.15) is 0 Å². The molecule has 1 heterocycles.